The predicted molar refractivity (Wildman–Crippen MR) is 172 cm³/mol. The second-order valence-electron chi connectivity index (χ2n) is 12.5. The molecule has 1 saturated carbocycles. The fourth-order valence-corrected chi connectivity index (χ4v) is 6.63. The molecule has 2 N–H and O–H groups in total. The zero-order chi connectivity index (χ0) is 31.5. The quantitative estimate of drug-likeness (QED) is 0.297. The molecule has 13 nitrogen and oxygen atoms in total. The van der Waals surface area contributed by atoms with Crippen molar-refractivity contribution in [3.8, 4) is 17.3 Å². The van der Waals surface area contributed by atoms with Crippen LogP contribution in [0.25, 0.3) is 11.3 Å². The first-order chi connectivity index (χ1) is 22.5. The number of carbonyl (C=O) groups excluding carboxylic acids is 1. The highest BCUT2D eigenvalue weighted by Gasteiger charge is 2.45. The Morgan fingerprint density at radius 1 is 1.09 bits per heavy atom. The number of hydrogen-bond donors (Lipinski definition) is 2. The van der Waals surface area contributed by atoms with Crippen molar-refractivity contribution in [1.82, 2.24) is 35.0 Å². The van der Waals surface area contributed by atoms with Crippen LogP contribution in [0.15, 0.2) is 61.3 Å². The van der Waals surface area contributed by atoms with E-state index in [0.29, 0.717) is 35.4 Å². The van der Waals surface area contributed by atoms with Crippen molar-refractivity contribution in [2.45, 2.75) is 50.7 Å². The van der Waals surface area contributed by atoms with Gasteiger partial charge < -0.3 is 20.3 Å². The molecule has 3 aromatic heterocycles. The minimum atomic E-state index is -0.205. The van der Waals surface area contributed by atoms with Gasteiger partial charge in [0.25, 0.3) is 0 Å². The summed E-state index contributed by atoms with van der Waals surface area (Å²) in [5.41, 5.74) is 3.25. The summed E-state index contributed by atoms with van der Waals surface area (Å²) in [5, 5.41) is 20.6. The number of carbonyl (C=O) groups is 1. The maximum atomic E-state index is 13.7. The van der Waals surface area contributed by atoms with Gasteiger partial charge in [0, 0.05) is 55.9 Å². The third-order valence-electron chi connectivity index (χ3n) is 9.23. The van der Waals surface area contributed by atoms with Crippen molar-refractivity contribution in [3.63, 3.8) is 0 Å². The highest BCUT2D eigenvalue weighted by molar-refractivity contribution is 5.91. The van der Waals surface area contributed by atoms with Gasteiger partial charge in [-0.3, -0.25) is 14.6 Å². The molecule has 1 aliphatic carbocycles. The summed E-state index contributed by atoms with van der Waals surface area (Å²) in [6.45, 7) is 3.65. The van der Waals surface area contributed by atoms with Crippen LogP contribution in [0.5, 0.6) is 0 Å². The van der Waals surface area contributed by atoms with E-state index in [0.717, 1.165) is 69.5 Å². The second-order valence-corrected chi connectivity index (χ2v) is 12.5. The van der Waals surface area contributed by atoms with Gasteiger partial charge in [-0.15, -0.1) is 0 Å². The molecule has 46 heavy (non-hydrogen) atoms. The number of nitrogens with zero attached hydrogens (tertiary/aromatic N) is 9. The number of aromatic nitrogens is 6. The molecule has 0 atom stereocenters. The number of ether oxygens (including phenoxy) is 1. The van der Waals surface area contributed by atoms with Crippen LogP contribution in [0, 0.1) is 16.7 Å². The van der Waals surface area contributed by atoms with Gasteiger partial charge in [0.1, 0.15) is 11.6 Å². The van der Waals surface area contributed by atoms with Gasteiger partial charge in [-0.1, -0.05) is 30.3 Å². The van der Waals surface area contributed by atoms with Crippen molar-refractivity contribution < 1.29 is 9.53 Å². The topological polar surface area (TPSA) is 150 Å². The Morgan fingerprint density at radius 2 is 1.91 bits per heavy atom. The lowest BCUT2D eigenvalue weighted by Gasteiger charge is -2.37. The average molecular weight is 620 g/mol. The first kappa shape index (κ1) is 29.6. The van der Waals surface area contributed by atoms with Crippen molar-refractivity contribution in [2.24, 2.45) is 12.5 Å². The van der Waals surface area contributed by atoms with Crippen LogP contribution in [0.1, 0.15) is 43.2 Å². The maximum absolute atomic E-state index is 13.7. The van der Waals surface area contributed by atoms with Crippen LogP contribution < -0.4 is 20.4 Å². The number of benzene rings is 1. The molecule has 0 radical (unpaired) electrons. The van der Waals surface area contributed by atoms with Gasteiger partial charge in [0.05, 0.1) is 43.7 Å². The van der Waals surface area contributed by atoms with Gasteiger partial charge in [0.2, 0.25) is 5.95 Å². The van der Waals surface area contributed by atoms with E-state index < -0.39 is 0 Å². The number of anilines is 3. The number of amides is 2. The average Bonchev–Trinajstić information content (AvgIpc) is 3.73. The van der Waals surface area contributed by atoms with Crippen LogP contribution in [-0.4, -0.2) is 74.1 Å². The molecule has 2 amide bonds. The van der Waals surface area contributed by atoms with E-state index in [1.165, 1.54) is 0 Å². The summed E-state index contributed by atoms with van der Waals surface area (Å²) in [7, 11) is 1.86. The number of nitrogens with one attached hydrogen (secondary N) is 2. The van der Waals surface area contributed by atoms with Crippen molar-refractivity contribution in [3.05, 3.63) is 72.4 Å². The molecule has 7 rings (SSSR count). The highest BCUT2D eigenvalue weighted by atomic mass is 16.5. The van der Waals surface area contributed by atoms with Gasteiger partial charge in [-0.25, -0.2) is 14.8 Å². The number of nitriles is 1. The van der Waals surface area contributed by atoms with E-state index in [1.54, 1.807) is 34.4 Å². The van der Waals surface area contributed by atoms with Crippen molar-refractivity contribution in [1.29, 1.82) is 5.26 Å². The molecule has 3 aliphatic rings. The van der Waals surface area contributed by atoms with Gasteiger partial charge in [-0.05, 0) is 37.7 Å². The molecule has 2 aliphatic heterocycles. The van der Waals surface area contributed by atoms with Crippen LogP contribution in [-0.2, 0) is 18.3 Å². The summed E-state index contributed by atoms with van der Waals surface area (Å²) in [6.07, 6.45) is 12.8. The highest BCUT2D eigenvalue weighted by Crippen LogP contribution is 2.40. The largest absolute Gasteiger partial charge is 0.380 e. The fourth-order valence-electron chi connectivity index (χ4n) is 6.63. The monoisotopic (exact) mass is 619 g/mol. The summed E-state index contributed by atoms with van der Waals surface area (Å²) in [5.74, 6) is 1.72. The second kappa shape index (κ2) is 12.7. The Kier molecular flexibility index (Phi) is 8.19. The van der Waals surface area contributed by atoms with E-state index in [9.17, 15) is 10.1 Å². The van der Waals surface area contributed by atoms with Gasteiger partial charge in [-0.2, -0.15) is 15.3 Å². The Balaban J connectivity index is 1.04. The molecule has 0 unspecified atom stereocenters. The standard InChI is InChI=1S/C33H37N11O2/c1-42-19-25(16-39-42)28-17-36-29(18-35-28)44(32(45)38-14-23-5-3-2-4-6-23)27-9-7-26(8-10-27)40-31-37-15-24(13-34)30(41-31)43-12-11-33(20-43)21-46-22-33/h2-6,15-19,26-27H,7-12,14,20-22H2,1H3,(H,38,45)(H,37,40,41). The van der Waals surface area contributed by atoms with Gasteiger partial charge >= 0.3 is 6.03 Å². The van der Waals surface area contributed by atoms with Crippen LogP contribution >= 0.6 is 0 Å². The van der Waals surface area contributed by atoms with Crippen LogP contribution in [0.4, 0.5) is 22.4 Å². The lowest BCUT2D eigenvalue weighted by atomic mass is 9.85. The Morgan fingerprint density at radius 3 is 2.57 bits per heavy atom. The Hall–Kier alpha value is -5.09. The van der Waals surface area contributed by atoms with Gasteiger partial charge in [0.15, 0.2) is 11.6 Å². The summed E-state index contributed by atoms with van der Waals surface area (Å²) >= 11 is 0. The molecule has 3 fully saturated rings. The summed E-state index contributed by atoms with van der Waals surface area (Å²) in [4.78, 5) is 36.2. The van der Waals surface area contributed by atoms with Crippen LogP contribution in [0.2, 0.25) is 0 Å². The number of hydrogen-bond acceptors (Lipinski definition) is 10. The van der Waals surface area contributed by atoms with E-state index in [4.69, 9.17) is 9.72 Å². The van der Waals surface area contributed by atoms with Crippen LogP contribution in [0.3, 0.4) is 0 Å². The molecule has 0 bridgehead atoms. The van der Waals surface area contributed by atoms with E-state index in [1.807, 2.05) is 43.6 Å². The summed E-state index contributed by atoms with van der Waals surface area (Å²) in [6, 6.07) is 12.0. The molecular formula is C33H37N11O2. The first-order valence-corrected chi connectivity index (χ1v) is 15.8. The molecular weight excluding hydrogens is 582 g/mol. The molecule has 1 aromatic carbocycles. The molecule has 236 valence electrons. The SMILES string of the molecule is Cn1cc(-c2cnc(N(C(=O)NCc3ccccc3)C3CCC(Nc4ncc(C#N)c(N5CCC6(COC6)C5)n4)CC3)cn2)cn1. The lowest BCUT2D eigenvalue weighted by molar-refractivity contribution is -0.0985. The molecule has 4 aromatic rings. The lowest BCUT2D eigenvalue weighted by Crippen LogP contribution is -2.49. The van der Waals surface area contributed by atoms with E-state index in [2.05, 4.69) is 41.7 Å². The van der Waals surface area contributed by atoms with E-state index in [-0.39, 0.29) is 23.5 Å². The van der Waals surface area contributed by atoms with Crippen molar-refractivity contribution in [2.75, 3.05) is 41.4 Å². The maximum Gasteiger partial charge on any atom is 0.323 e. The Bertz CT molecular complexity index is 1710. The number of rotatable bonds is 8. The molecule has 2 saturated heterocycles. The minimum absolute atomic E-state index is 0.0599. The smallest absolute Gasteiger partial charge is 0.323 e. The minimum Gasteiger partial charge on any atom is -0.380 e. The Labute approximate surface area is 267 Å². The zero-order valence-corrected chi connectivity index (χ0v) is 25.8. The van der Waals surface area contributed by atoms with Crippen molar-refractivity contribution >= 4 is 23.6 Å². The third kappa shape index (κ3) is 6.21. The first-order valence-electron chi connectivity index (χ1n) is 15.8. The number of aryl methyl sites for hydroxylation is 1. The molecule has 1 spiro atoms. The zero-order valence-electron chi connectivity index (χ0n) is 25.8. The fraction of sp³-hybridized carbons (Fsp3) is 0.424. The number of urea groups is 1. The summed E-state index contributed by atoms with van der Waals surface area (Å²) < 4.78 is 7.19. The normalized spacial score (nSPS) is 20.1. The third-order valence-corrected chi connectivity index (χ3v) is 9.23. The molecule has 13 heteroatoms. The van der Waals surface area contributed by atoms with E-state index >= 15 is 0 Å². The molecule has 5 heterocycles. The predicted octanol–water partition coefficient (Wildman–Crippen LogP) is 3.90.